The summed E-state index contributed by atoms with van der Waals surface area (Å²) < 4.78 is 1.33. The van der Waals surface area contributed by atoms with Crippen LogP contribution in [0.2, 0.25) is 0 Å². The van der Waals surface area contributed by atoms with Crippen molar-refractivity contribution in [3.63, 3.8) is 0 Å². The lowest BCUT2D eigenvalue weighted by molar-refractivity contribution is -0.940. The number of unbranched alkanes of at least 4 members (excludes halogenated alkanes) is 70. The molecule has 1 nitrogen and oxygen atoms in total. The predicted octanol–water partition coefficient (Wildman–Crippen LogP) is 29.3. The first-order chi connectivity index (χ1) is 43.0. The molecule has 0 saturated carbocycles. The predicted molar refractivity (Wildman–Crippen MR) is 403 cm³/mol. The molecule has 0 spiro atoms. The molecule has 88 heavy (non-hydrogen) atoms. The summed E-state index contributed by atoms with van der Waals surface area (Å²) in [4.78, 5) is 0. The molecule has 0 aliphatic rings. The third-order valence-electron chi connectivity index (χ3n) is 21.9. The fraction of sp³-hybridized carbons (Fsp3) is 1.00. The normalized spacial score (nSPS) is 12.6. The number of hydrogen-bond acceptors (Lipinski definition) is 0. The van der Waals surface area contributed by atoms with Crippen LogP contribution in [0.15, 0.2) is 0 Å². The van der Waals surface area contributed by atoms with E-state index in [1.165, 1.54) is 505 Å². The van der Waals surface area contributed by atoms with Gasteiger partial charge in [-0.25, -0.2) is 0 Å². The quantitative estimate of drug-likeness (QED) is 0.0421. The summed E-state index contributed by atoms with van der Waals surface area (Å²) in [5.41, 5.74) is 0. The van der Waals surface area contributed by atoms with Gasteiger partial charge in [0.2, 0.25) is 0 Å². The molecule has 2 atom stereocenters. The van der Waals surface area contributed by atoms with Crippen LogP contribution >= 0.6 is 0 Å². The average Bonchev–Trinajstić information content (AvgIpc) is 3.13. The minimum atomic E-state index is 0. The maximum Gasteiger partial charge on any atom is 0.0888 e. The highest BCUT2D eigenvalue weighted by molar-refractivity contribution is 4.69. The zero-order chi connectivity index (χ0) is 62.8. The van der Waals surface area contributed by atoms with E-state index < -0.39 is 0 Å². The number of hydrogen-bond donors (Lipinski definition) is 0. The highest BCUT2D eigenvalue weighted by Gasteiger charge is 2.35. The first kappa shape index (κ1) is 90.3. The molecule has 2 heteroatoms. The Morgan fingerprint density at radius 3 is 0.307 bits per heavy atom. The molecule has 0 aromatic rings. The second-order valence-electron chi connectivity index (χ2n) is 30.8. The van der Waals surface area contributed by atoms with E-state index >= 15 is 0 Å². The Bertz CT molecular complexity index is 1090. The Hall–Kier alpha value is 0.250. The molecule has 0 aromatic heterocycles. The summed E-state index contributed by atoms with van der Waals surface area (Å²) >= 11 is 0. The summed E-state index contributed by atoms with van der Waals surface area (Å²) in [7, 11) is 5.51. The molecule has 0 N–H and O–H groups in total. The Morgan fingerprint density at radius 2 is 0.216 bits per heavy atom. The van der Waals surface area contributed by atoms with Crippen LogP contribution in [-0.2, 0) is 0 Å². The summed E-state index contributed by atoms with van der Waals surface area (Å²) in [6.07, 6.45) is 115. The zero-order valence-corrected chi connectivity index (χ0v) is 63.9. The molecule has 0 aliphatic carbocycles. The van der Waals surface area contributed by atoms with E-state index in [1.54, 1.807) is 0 Å². The maximum atomic E-state index is 2.75. The van der Waals surface area contributed by atoms with Gasteiger partial charge in [-0.05, 0) is 51.4 Å². The molecular formula is C86H176ClN. The molecule has 0 heterocycles. The number of quaternary nitrogens is 1. The van der Waals surface area contributed by atoms with Crippen molar-refractivity contribution in [1.82, 2.24) is 0 Å². The van der Waals surface area contributed by atoms with Gasteiger partial charge in [0.1, 0.15) is 0 Å². The van der Waals surface area contributed by atoms with E-state index in [0.29, 0.717) is 0 Å². The van der Waals surface area contributed by atoms with Crippen LogP contribution in [0, 0.1) is 0 Å². The molecule has 2 unspecified atom stereocenters. The molecule has 0 amide bonds. The van der Waals surface area contributed by atoms with Gasteiger partial charge in [0.15, 0.2) is 0 Å². The highest BCUT2D eigenvalue weighted by atomic mass is 35.5. The van der Waals surface area contributed by atoms with Crippen molar-refractivity contribution in [3.05, 3.63) is 0 Å². The van der Waals surface area contributed by atoms with Crippen molar-refractivity contribution in [2.24, 2.45) is 0 Å². The fourth-order valence-corrected chi connectivity index (χ4v) is 15.4. The van der Waals surface area contributed by atoms with Crippen molar-refractivity contribution in [2.45, 2.75) is 541 Å². The lowest BCUT2D eigenvalue weighted by atomic mass is 9.91. The van der Waals surface area contributed by atoms with E-state index in [-0.39, 0.29) is 12.4 Å². The van der Waals surface area contributed by atoms with Gasteiger partial charge in [0, 0.05) is 0 Å². The minimum absolute atomic E-state index is 0. The summed E-state index contributed by atoms with van der Waals surface area (Å²) in [5.74, 6) is 0. The number of halogens is 1. The standard InChI is InChI=1S/C86H176N.ClH/c1-7-11-15-19-23-27-31-35-39-43-47-51-55-59-63-67-71-75-79-83-85(81-77-73-69-65-61-57-53-49-45-41-37-33-29-25-21-17-13-9-3)87(5,6)86(82-78-74-70-66-62-58-54-50-46-42-38-34-30-26-22-18-14-10-4)84-80-76-72-68-64-60-56-52-48-44-40-36-32-28-24-20-16-12-8-2;/h85-86H,7-84H2,1-6H3;1H/q+1;/p-1. The third-order valence-corrected chi connectivity index (χ3v) is 21.9. The van der Waals surface area contributed by atoms with E-state index in [2.05, 4.69) is 41.8 Å². The summed E-state index contributed by atoms with van der Waals surface area (Å²) in [5, 5.41) is 0. The van der Waals surface area contributed by atoms with E-state index in [9.17, 15) is 0 Å². The first-order valence-electron chi connectivity index (χ1n) is 42.9. The van der Waals surface area contributed by atoms with Gasteiger partial charge >= 0.3 is 0 Å². The SMILES string of the molecule is CCCCCCCCCCCCCCCCCCCCCC(CCCCCCCCCCCCCCCCCCCC)[N+](C)(C)C(CCCCCCCCCCCCCCCCCCCC)CCCCCCCCCCCCCCCCCCCCC.[Cl-]. The Kier molecular flexibility index (Phi) is 81.8. The van der Waals surface area contributed by atoms with Gasteiger partial charge in [0.25, 0.3) is 0 Å². The molecule has 0 aliphatic heterocycles. The summed E-state index contributed by atoms with van der Waals surface area (Å²) in [6, 6.07) is 1.72. The highest BCUT2D eigenvalue weighted by Crippen LogP contribution is 2.31. The van der Waals surface area contributed by atoms with Crippen LogP contribution in [0.4, 0.5) is 0 Å². The second kappa shape index (κ2) is 79.7. The fourth-order valence-electron chi connectivity index (χ4n) is 15.4. The van der Waals surface area contributed by atoms with Crippen molar-refractivity contribution in [1.29, 1.82) is 0 Å². The van der Waals surface area contributed by atoms with Gasteiger partial charge in [-0.15, -0.1) is 0 Å². The van der Waals surface area contributed by atoms with Crippen molar-refractivity contribution < 1.29 is 16.9 Å². The van der Waals surface area contributed by atoms with Crippen LogP contribution < -0.4 is 12.4 Å². The van der Waals surface area contributed by atoms with Crippen LogP contribution in [0.3, 0.4) is 0 Å². The second-order valence-corrected chi connectivity index (χ2v) is 30.8. The van der Waals surface area contributed by atoms with Crippen molar-refractivity contribution in [3.8, 4) is 0 Å². The molecule has 0 bridgehead atoms. The van der Waals surface area contributed by atoms with Gasteiger partial charge in [0.05, 0.1) is 26.2 Å². The van der Waals surface area contributed by atoms with Crippen molar-refractivity contribution >= 4 is 0 Å². The summed E-state index contributed by atoms with van der Waals surface area (Å²) in [6.45, 7) is 9.33. The lowest BCUT2D eigenvalue weighted by Crippen LogP contribution is -3.00. The van der Waals surface area contributed by atoms with Crippen molar-refractivity contribution in [2.75, 3.05) is 14.1 Å². The maximum absolute atomic E-state index is 2.75. The van der Waals surface area contributed by atoms with E-state index in [0.717, 1.165) is 12.1 Å². The number of nitrogens with zero attached hydrogens (tertiary/aromatic N) is 1. The van der Waals surface area contributed by atoms with Gasteiger partial charge in [-0.1, -0.05) is 477 Å². The average molecular weight is 1260 g/mol. The Morgan fingerprint density at radius 1 is 0.136 bits per heavy atom. The molecule has 0 radical (unpaired) electrons. The monoisotopic (exact) mass is 1260 g/mol. The van der Waals surface area contributed by atoms with Gasteiger partial charge in [-0.2, -0.15) is 0 Å². The molecular weight excluding hydrogens is 1080 g/mol. The van der Waals surface area contributed by atoms with E-state index in [1.807, 2.05) is 0 Å². The molecule has 0 aromatic carbocycles. The Balaban J connectivity index is 0. The van der Waals surface area contributed by atoms with Crippen LogP contribution in [0.25, 0.3) is 0 Å². The first-order valence-corrected chi connectivity index (χ1v) is 42.9. The lowest BCUT2D eigenvalue weighted by Gasteiger charge is -2.45. The van der Waals surface area contributed by atoms with Crippen LogP contribution in [0.1, 0.15) is 529 Å². The molecule has 0 fully saturated rings. The molecule has 0 rings (SSSR count). The Labute approximate surface area is 568 Å². The number of rotatable bonds is 80. The van der Waals surface area contributed by atoms with Crippen LogP contribution in [0.5, 0.6) is 0 Å². The third kappa shape index (κ3) is 70.6. The van der Waals surface area contributed by atoms with Gasteiger partial charge in [-0.3, -0.25) is 0 Å². The van der Waals surface area contributed by atoms with Gasteiger partial charge < -0.3 is 16.9 Å². The van der Waals surface area contributed by atoms with Crippen LogP contribution in [-0.4, -0.2) is 30.7 Å². The molecule has 532 valence electrons. The smallest absolute Gasteiger partial charge is 0.0888 e. The largest absolute Gasteiger partial charge is 1.00 e. The topological polar surface area (TPSA) is 0 Å². The zero-order valence-electron chi connectivity index (χ0n) is 63.1. The molecule has 0 saturated heterocycles. The van der Waals surface area contributed by atoms with E-state index in [4.69, 9.17) is 0 Å². The minimum Gasteiger partial charge on any atom is -1.00 e.